The van der Waals surface area contributed by atoms with Crippen molar-refractivity contribution in [3.05, 3.63) is 28.8 Å². The van der Waals surface area contributed by atoms with Crippen LogP contribution in [0.2, 0.25) is 0 Å². The van der Waals surface area contributed by atoms with E-state index >= 15 is 0 Å². The van der Waals surface area contributed by atoms with Crippen LogP contribution in [0.1, 0.15) is 16.7 Å². The van der Waals surface area contributed by atoms with E-state index in [1.54, 1.807) is 6.07 Å². The summed E-state index contributed by atoms with van der Waals surface area (Å²) in [6.45, 7) is 2.24. The molecule has 0 aromatic heterocycles. The Bertz CT molecular complexity index is 331. The third kappa shape index (κ3) is 2.30. The first kappa shape index (κ1) is 11.6. The second-order valence-electron chi connectivity index (χ2n) is 3.21. The SMILES string of the molecule is Cc1c(CS)cc(CN)cc1B(O)O. The monoisotopic (exact) mass is 211 g/mol. The lowest BCUT2D eigenvalue weighted by atomic mass is 9.75. The molecule has 0 bridgehead atoms. The van der Waals surface area contributed by atoms with Crippen molar-refractivity contribution in [3.8, 4) is 0 Å². The molecule has 1 aromatic carbocycles. The Hall–Kier alpha value is -0.485. The van der Waals surface area contributed by atoms with E-state index in [2.05, 4.69) is 12.6 Å². The van der Waals surface area contributed by atoms with Crippen LogP contribution in [0.25, 0.3) is 0 Å². The maximum Gasteiger partial charge on any atom is 0.488 e. The van der Waals surface area contributed by atoms with Crippen molar-refractivity contribution in [2.24, 2.45) is 5.73 Å². The summed E-state index contributed by atoms with van der Waals surface area (Å²) in [4.78, 5) is 0. The molecule has 0 aliphatic rings. The van der Waals surface area contributed by atoms with Gasteiger partial charge in [-0.1, -0.05) is 12.1 Å². The van der Waals surface area contributed by atoms with Crippen LogP contribution in [0, 0.1) is 6.92 Å². The van der Waals surface area contributed by atoms with Crippen LogP contribution in [0.5, 0.6) is 0 Å². The van der Waals surface area contributed by atoms with Gasteiger partial charge in [0.05, 0.1) is 0 Å². The van der Waals surface area contributed by atoms with Gasteiger partial charge in [-0.15, -0.1) is 0 Å². The van der Waals surface area contributed by atoms with E-state index in [0.29, 0.717) is 17.8 Å². The average molecular weight is 211 g/mol. The Morgan fingerprint density at radius 1 is 1.43 bits per heavy atom. The minimum atomic E-state index is -1.44. The maximum atomic E-state index is 9.13. The first-order valence-corrected chi connectivity index (χ1v) is 5.02. The van der Waals surface area contributed by atoms with Crippen LogP contribution in [0.3, 0.4) is 0 Å². The number of rotatable bonds is 3. The lowest BCUT2D eigenvalue weighted by Crippen LogP contribution is -2.33. The first-order valence-electron chi connectivity index (χ1n) is 4.39. The van der Waals surface area contributed by atoms with E-state index in [1.807, 2.05) is 13.0 Å². The molecular formula is C9H14BNO2S. The van der Waals surface area contributed by atoms with Crippen LogP contribution in [0.4, 0.5) is 0 Å². The molecular weight excluding hydrogens is 197 g/mol. The minimum Gasteiger partial charge on any atom is -0.423 e. The van der Waals surface area contributed by atoms with Gasteiger partial charge in [-0.05, 0) is 29.1 Å². The highest BCUT2D eigenvalue weighted by molar-refractivity contribution is 7.79. The van der Waals surface area contributed by atoms with Crippen molar-refractivity contribution < 1.29 is 10.0 Å². The third-order valence-electron chi connectivity index (χ3n) is 2.30. The zero-order chi connectivity index (χ0) is 10.7. The van der Waals surface area contributed by atoms with Gasteiger partial charge in [0.1, 0.15) is 0 Å². The number of benzene rings is 1. The molecule has 1 aromatic rings. The average Bonchev–Trinajstić information content (AvgIpc) is 2.17. The van der Waals surface area contributed by atoms with Gasteiger partial charge < -0.3 is 15.8 Å². The molecule has 0 radical (unpaired) electrons. The van der Waals surface area contributed by atoms with E-state index in [9.17, 15) is 0 Å². The summed E-state index contributed by atoms with van der Waals surface area (Å²) in [5.74, 6) is 0.569. The summed E-state index contributed by atoms with van der Waals surface area (Å²) in [5, 5.41) is 18.3. The molecule has 0 saturated carbocycles. The van der Waals surface area contributed by atoms with Crippen molar-refractivity contribution in [2.45, 2.75) is 19.2 Å². The Morgan fingerprint density at radius 3 is 2.50 bits per heavy atom. The lowest BCUT2D eigenvalue weighted by molar-refractivity contribution is 0.425. The highest BCUT2D eigenvalue weighted by atomic mass is 32.1. The van der Waals surface area contributed by atoms with Gasteiger partial charge in [-0.3, -0.25) is 0 Å². The molecule has 3 nitrogen and oxygen atoms in total. The topological polar surface area (TPSA) is 66.5 Å². The first-order chi connectivity index (χ1) is 6.60. The molecule has 1 rings (SSSR count). The van der Waals surface area contributed by atoms with Crippen molar-refractivity contribution in [3.63, 3.8) is 0 Å². The summed E-state index contributed by atoms with van der Waals surface area (Å²) in [6, 6.07) is 3.65. The van der Waals surface area contributed by atoms with Crippen molar-refractivity contribution in [1.82, 2.24) is 0 Å². The smallest absolute Gasteiger partial charge is 0.423 e. The Morgan fingerprint density at radius 2 is 2.07 bits per heavy atom. The Labute approximate surface area is 89.5 Å². The molecule has 5 heteroatoms. The largest absolute Gasteiger partial charge is 0.488 e. The summed E-state index contributed by atoms with van der Waals surface area (Å²) in [7, 11) is -1.44. The Kier molecular flexibility index (Phi) is 4.01. The highest BCUT2D eigenvalue weighted by Gasteiger charge is 2.16. The summed E-state index contributed by atoms with van der Waals surface area (Å²) in [5.41, 5.74) is 8.76. The van der Waals surface area contributed by atoms with Gasteiger partial charge in [0.25, 0.3) is 0 Å². The summed E-state index contributed by atoms with van der Waals surface area (Å²) < 4.78 is 0. The molecule has 0 aliphatic heterocycles. The standard InChI is InChI=1S/C9H14BNO2S/c1-6-8(5-14)2-7(4-11)3-9(6)10(12)13/h2-3,12-14H,4-5,11H2,1H3. The lowest BCUT2D eigenvalue weighted by Gasteiger charge is -2.11. The van der Waals surface area contributed by atoms with Crippen molar-refractivity contribution >= 4 is 25.2 Å². The van der Waals surface area contributed by atoms with Crippen LogP contribution in [0.15, 0.2) is 12.1 Å². The molecule has 0 spiro atoms. The van der Waals surface area contributed by atoms with Gasteiger partial charge >= 0.3 is 7.12 Å². The van der Waals surface area contributed by atoms with E-state index < -0.39 is 7.12 Å². The minimum absolute atomic E-state index is 0.390. The van der Waals surface area contributed by atoms with Gasteiger partial charge in [0.2, 0.25) is 0 Å². The highest BCUT2D eigenvalue weighted by Crippen LogP contribution is 2.11. The van der Waals surface area contributed by atoms with Crippen LogP contribution < -0.4 is 11.2 Å². The maximum absolute atomic E-state index is 9.13. The fourth-order valence-corrected chi connectivity index (χ4v) is 1.75. The predicted octanol–water partition coefficient (Wildman–Crippen LogP) is -0.437. The molecule has 14 heavy (non-hydrogen) atoms. The molecule has 0 fully saturated rings. The second-order valence-corrected chi connectivity index (χ2v) is 3.52. The molecule has 4 N–H and O–H groups in total. The summed E-state index contributed by atoms with van der Waals surface area (Å²) in [6.07, 6.45) is 0. The molecule has 0 atom stereocenters. The van der Waals surface area contributed by atoms with Gasteiger partial charge in [0, 0.05) is 12.3 Å². The zero-order valence-corrected chi connectivity index (χ0v) is 8.96. The normalized spacial score (nSPS) is 10.4. The van der Waals surface area contributed by atoms with Crippen molar-refractivity contribution in [1.29, 1.82) is 0 Å². The van der Waals surface area contributed by atoms with Gasteiger partial charge in [-0.25, -0.2) is 0 Å². The Balaban J connectivity index is 3.27. The van der Waals surface area contributed by atoms with E-state index in [0.717, 1.165) is 16.7 Å². The number of hydrogen-bond acceptors (Lipinski definition) is 4. The fourth-order valence-electron chi connectivity index (χ4n) is 1.42. The van der Waals surface area contributed by atoms with Crippen molar-refractivity contribution in [2.75, 3.05) is 0 Å². The van der Waals surface area contributed by atoms with E-state index in [1.165, 1.54) is 0 Å². The molecule has 0 aliphatic carbocycles. The van der Waals surface area contributed by atoms with Crippen LogP contribution >= 0.6 is 12.6 Å². The predicted molar refractivity (Wildman–Crippen MR) is 61.6 cm³/mol. The van der Waals surface area contributed by atoms with Gasteiger partial charge in [0.15, 0.2) is 0 Å². The van der Waals surface area contributed by atoms with Crippen LogP contribution in [-0.4, -0.2) is 17.2 Å². The molecule has 0 amide bonds. The van der Waals surface area contributed by atoms with Gasteiger partial charge in [-0.2, -0.15) is 12.6 Å². The zero-order valence-electron chi connectivity index (χ0n) is 8.07. The number of thiol groups is 1. The van der Waals surface area contributed by atoms with E-state index in [4.69, 9.17) is 15.8 Å². The third-order valence-corrected chi connectivity index (χ3v) is 2.64. The molecule has 76 valence electrons. The fraction of sp³-hybridized carbons (Fsp3) is 0.333. The molecule has 0 heterocycles. The molecule has 0 saturated heterocycles. The summed E-state index contributed by atoms with van der Waals surface area (Å²) >= 11 is 4.18. The molecule has 0 unspecified atom stereocenters. The van der Waals surface area contributed by atoms with Crippen LogP contribution in [-0.2, 0) is 12.3 Å². The number of hydrogen-bond donors (Lipinski definition) is 4. The number of nitrogens with two attached hydrogens (primary N) is 1. The second kappa shape index (κ2) is 4.84. The van der Waals surface area contributed by atoms with E-state index in [-0.39, 0.29) is 0 Å². The quantitative estimate of drug-likeness (QED) is 0.405.